The molecule has 7 heteroatoms. The molecule has 2 N–H and O–H groups in total. The van der Waals surface area contributed by atoms with Crippen LogP contribution in [0.1, 0.15) is 0 Å². The van der Waals surface area contributed by atoms with Gasteiger partial charge in [-0.15, -0.1) is 0 Å². The fourth-order valence-corrected chi connectivity index (χ4v) is 1.50. The Morgan fingerprint density at radius 3 is 2.62 bits per heavy atom. The van der Waals surface area contributed by atoms with E-state index in [1.807, 2.05) is 4.72 Å². The summed E-state index contributed by atoms with van der Waals surface area (Å²) in [5, 5.41) is 0. The fraction of sp³-hybridized carbons (Fsp3) is 0.333. The zero-order chi connectivity index (χ0) is 12.0. The van der Waals surface area contributed by atoms with Gasteiger partial charge in [0.15, 0.2) is 0 Å². The van der Waals surface area contributed by atoms with Gasteiger partial charge in [-0.2, -0.15) is 8.42 Å². The predicted octanol–water partition coefficient (Wildman–Crippen LogP) is 0.927. The van der Waals surface area contributed by atoms with E-state index in [1.54, 1.807) is 18.2 Å². The Hall–Kier alpha value is -1.31. The van der Waals surface area contributed by atoms with Gasteiger partial charge in [0.25, 0.3) is 0 Å². The molecule has 0 saturated carbocycles. The molecule has 90 valence electrons. The summed E-state index contributed by atoms with van der Waals surface area (Å²) in [6.45, 7) is 0.681. The molecule has 1 aromatic rings. The number of rotatable bonds is 6. The highest BCUT2D eigenvalue weighted by Crippen LogP contribution is 2.24. The van der Waals surface area contributed by atoms with Gasteiger partial charge in [-0.25, -0.2) is 0 Å². The number of methoxy groups -OCH3 is 1. The number of para-hydroxylation sites is 2. The van der Waals surface area contributed by atoms with Crippen molar-refractivity contribution in [2.24, 2.45) is 0 Å². The maximum absolute atomic E-state index is 10.6. The van der Waals surface area contributed by atoms with Gasteiger partial charge in [0.1, 0.15) is 12.4 Å². The summed E-state index contributed by atoms with van der Waals surface area (Å²) in [6, 6.07) is 6.38. The molecule has 0 saturated heterocycles. The smallest absolute Gasteiger partial charge is 0.357 e. The lowest BCUT2D eigenvalue weighted by molar-refractivity contribution is 0.146. The van der Waals surface area contributed by atoms with Crippen LogP contribution >= 0.6 is 0 Å². The van der Waals surface area contributed by atoms with Crippen LogP contribution in [0.25, 0.3) is 0 Å². The highest BCUT2D eigenvalue weighted by molar-refractivity contribution is 7.87. The van der Waals surface area contributed by atoms with E-state index in [0.717, 1.165) is 0 Å². The third kappa shape index (κ3) is 4.47. The second-order valence-corrected chi connectivity index (χ2v) is 4.07. The third-order valence-electron chi connectivity index (χ3n) is 1.67. The first-order chi connectivity index (χ1) is 7.53. The fourth-order valence-electron chi connectivity index (χ4n) is 1.05. The SMILES string of the molecule is COCCOc1ccccc1NS(=O)(=O)O. The van der Waals surface area contributed by atoms with Crippen molar-refractivity contribution in [3.8, 4) is 5.75 Å². The first kappa shape index (κ1) is 12.8. The van der Waals surface area contributed by atoms with Crippen molar-refractivity contribution in [2.75, 3.05) is 25.0 Å². The number of hydrogen-bond donors (Lipinski definition) is 2. The lowest BCUT2D eigenvalue weighted by Crippen LogP contribution is -2.12. The maximum Gasteiger partial charge on any atom is 0.357 e. The first-order valence-electron chi connectivity index (χ1n) is 4.49. The molecule has 0 unspecified atom stereocenters. The Kier molecular flexibility index (Phi) is 4.53. The van der Waals surface area contributed by atoms with Gasteiger partial charge in [-0.05, 0) is 12.1 Å². The highest BCUT2D eigenvalue weighted by atomic mass is 32.2. The van der Waals surface area contributed by atoms with Crippen molar-refractivity contribution in [1.82, 2.24) is 0 Å². The van der Waals surface area contributed by atoms with Crippen molar-refractivity contribution in [1.29, 1.82) is 0 Å². The van der Waals surface area contributed by atoms with E-state index in [2.05, 4.69) is 0 Å². The predicted molar refractivity (Wildman–Crippen MR) is 59.0 cm³/mol. The molecular weight excluding hydrogens is 234 g/mol. The van der Waals surface area contributed by atoms with E-state index < -0.39 is 10.3 Å². The molecule has 0 heterocycles. The molecule has 1 aromatic carbocycles. The molecule has 0 amide bonds. The largest absolute Gasteiger partial charge is 0.489 e. The quantitative estimate of drug-likeness (QED) is 0.577. The minimum absolute atomic E-state index is 0.182. The van der Waals surface area contributed by atoms with Crippen LogP contribution in [-0.4, -0.2) is 33.3 Å². The van der Waals surface area contributed by atoms with Crippen molar-refractivity contribution < 1.29 is 22.4 Å². The van der Waals surface area contributed by atoms with Crippen LogP contribution in [0.2, 0.25) is 0 Å². The molecule has 0 spiro atoms. The average Bonchev–Trinajstić information content (AvgIpc) is 2.19. The number of nitrogens with one attached hydrogen (secondary N) is 1. The number of benzene rings is 1. The zero-order valence-electron chi connectivity index (χ0n) is 8.71. The summed E-state index contributed by atoms with van der Waals surface area (Å²) < 4.78 is 41.9. The second-order valence-electron chi connectivity index (χ2n) is 2.91. The Morgan fingerprint density at radius 2 is 2.00 bits per heavy atom. The minimum Gasteiger partial charge on any atom is -0.489 e. The minimum atomic E-state index is -4.29. The number of hydrogen-bond acceptors (Lipinski definition) is 4. The molecule has 0 aliphatic carbocycles. The van der Waals surface area contributed by atoms with E-state index in [4.69, 9.17) is 14.0 Å². The lowest BCUT2D eigenvalue weighted by atomic mass is 10.3. The van der Waals surface area contributed by atoms with Crippen molar-refractivity contribution in [2.45, 2.75) is 0 Å². The standard InChI is InChI=1S/C9H13NO5S/c1-14-6-7-15-9-5-3-2-4-8(9)10-16(11,12)13/h2-5,10H,6-7H2,1H3,(H,11,12,13). The summed E-state index contributed by atoms with van der Waals surface area (Å²) in [7, 11) is -2.76. The van der Waals surface area contributed by atoms with E-state index in [-0.39, 0.29) is 5.69 Å². The van der Waals surface area contributed by atoms with E-state index in [1.165, 1.54) is 13.2 Å². The second kappa shape index (κ2) is 5.69. The molecule has 0 aliphatic rings. The summed E-state index contributed by atoms with van der Waals surface area (Å²) in [5.74, 6) is 0.331. The van der Waals surface area contributed by atoms with E-state index in [0.29, 0.717) is 19.0 Å². The molecule has 1 rings (SSSR count). The van der Waals surface area contributed by atoms with Gasteiger partial charge in [0.05, 0.1) is 12.3 Å². The molecule has 0 aliphatic heterocycles. The molecule has 16 heavy (non-hydrogen) atoms. The van der Waals surface area contributed by atoms with Crippen LogP contribution < -0.4 is 9.46 Å². The van der Waals surface area contributed by atoms with Crippen LogP contribution in [-0.2, 0) is 15.0 Å². The van der Waals surface area contributed by atoms with Crippen molar-refractivity contribution in [3.05, 3.63) is 24.3 Å². The molecule has 0 aromatic heterocycles. The Balaban J connectivity index is 2.75. The normalized spacial score (nSPS) is 11.1. The van der Waals surface area contributed by atoms with Crippen LogP contribution in [0.3, 0.4) is 0 Å². The van der Waals surface area contributed by atoms with Crippen molar-refractivity contribution in [3.63, 3.8) is 0 Å². The summed E-state index contributed by atoms with van der Waals surface area (Å²) >= 11 is 0. The van der Waals surface area contributed by atoms with E-state index >= 15 is 0 Å². The zero-order valence-corrected chi connectivity index (χ0v) is 9.53. The van der Waals surface area contributed by atoms with Crippen molar-refractivity contribution >= 4 is 16.0 Å². The van der Waals surface area contributed by atoms with Gasteiger partial charge < -0.3 is 9.47 Å². The monoisotopic (exact) mass is 247 g/mol. The number of anilines is 1. The first-order valence-corrected chi connectivity index (χ1v) is 5.93. The molecule has 0 radical (unpaired) electrons. The summed E-state index contributed by atoms with van der Waals surface area (Å²) in [5.41, 5.74) is 0.182. The van der Waals surface area contributed by atoms with E-state index in [9.17, 15) is 8.42 Å². The van der Waals surface area contributed by atoms with Crippen LogP contribution in [0, 0.1) is 0 Å². The van der Waals surface area contributed by atoms with Gasteiger partial charge in [0.2, 0.25) is 0 Å². The summed E-state index contributed by atoms with van der Waals surface area (Å²) in [4.78, 5) is 0. The van der Waals surface area contributed by atoms with Crippen LogP contribution in [0.15, 0.2) is 24.3 Å². The molecular formula is C9H13NO5S. The van der Waals surface area contributed by atoms with Crippen LogP contribution in [0.4, 0.5) is 5.69 Å². The van der Waals surface area contributed by atoms with Gasteiger partial charge in [-0.3, -0.25) is 9.27 Å². The average molecular weight is 247 g/mol. The maximum atomic E-state index is 10.6. The Labute approximate surface area is 94.1 Å². The van der Waals surface area contributed by atoms with Crippen LogP contribution in [0.5, 0.6) is 5.75 Å². The topological polar surface area (TPSA) is 84.9 Å². The molecule has 6 nitrogen and oxygen atoms in total. The highest BCUT2D eigenvalue weighted by Gasteiger charge is 2.08. The third-order valence-corrected chi connectivity index (χ3v) is 2.15. The lowest BCUT2D eigenvalue weighted by Gasteiger charge is -2.10. The van der Waals surface area contributed by atoms with Gasteiger partial charge in [-0.1, -0.05) is 12.1 Å². The Bertz CT molecular complexity index is 431. The van der Waals surface area contributed by atoms with Gasteiger partial charge in [0, 0.05) is 7.11 Å². The molecule has 0 bridgehead atoms. The van der Waals surface area contributed by atoms with Gasteiger partial charge >= 0.3 is 10.3 Å². The Morgan fingerprint density at radius 1 is 1.31 bits per heavy atom. The molecule has 0 atom stereocenters. The number of ether oxygens (including phenoxy) is 2. The summed E-state index contributed by atoms with van der Waals surface area (Å²) in [6.07, 6.45) is 0. The molecule has 0 fully saturated rings.